The second-order valence-corrected chi connectivity index (χ2v) is 4.89. The van der Waals surface area contributed by atoms with Gasteiger partial charge in [-0.05, 0) is 18.2 Å². The lowest BCUT2D eigenvalue weighted by atomic mass is 10.2. The van der Waals surface area contributed by atoms with E-state index in [9.17, 15) is 4.39 Å². The Balaban J connectivity index is 1.47. The zero-order chi connectivity index (χ0) is 15.9. The molecule has 0 spiro atoms. The lowest BCUT2D eigenvalue weighted by Gasteiger charge is -2.03. The molecule has 118 valence electrons. The predicted molar refractivity (Wildman–Crippen MR) is 82.0 cm³/mol. The summed E-state index contributed by atoms with van der Waals surface area (Å²) in [6, 6.07) is 16.0. The van der Waals surface area contributed by atoms with Gasteiger partial charge in [0, 0.05) is 12.1 Å². The van der Waals surface area contributed by atoms with Gasteiger partial charge in [-0.15, -0.1) is 10.2 Å². The molecule has 6 heteroatoms. The van der Waals surface area contributed by atoms with Crippen molar-refractivity contribution in [2.45, 2.75) is 19.7 Å². The third-order valence-corrected chi connectivity index (χ3v) is 3.16. The second kappa shape index (κ2) is 7.51. The number of rotatable bonds is 7. The minimum Gasteiger partial charge on any atom is -0.484 e. The van der Waals surface area contributed by atoms with Crippen LogP contribution in [-0.4, -0.2) is 10.2 Å². The molecule has 0 amide bonds. The van der Waals surface area contributed by atoms with Crippen LogP contribution in [0.1, 0.15) is 17.3 Å². The summed E-state index contributed by atoms with van der Waals surface area (Å²) < 4.78 is 24.5. The summed E-state index contributed by atoms with van der Waals surface area (Å²) >= 11 is 0. The highest BCUT2D eigenvalue weighted by Gasteiger charge is 2.07. The highest BCUT2D eigenvalue weighted by molar-refractivity contribution is 5.21. The fraction of sp³-hybridized carbons (Fsp3) is 0.176. The number of hydrogen-bond acceptors (Lipinski definition) is 5. The highest BCUT2D eigenvalue weighted by Crippen LogP contribution is 2.11. The Morgan fingerprint density at radius 1 is 0.913 bits per heavy atom. The van der Waals surface area contributed by atoms with E-state index in [2.05, 4.69) is 15.5 Å². The average Bonchev–Trinajstić information content (AvgIpc) is 3.04. The lowest BCUT2D eigenvalue weighted by Crippen LogP contribution is -2.13. The molecule has 0 aliphatic carbocycles. The molecule has 1 aromatic heterocycles. The quantitative estimate of drug-likeness (QED) is 0.726. The summed E-state index contributed by atoms with van der Waals surface area (Å²) in [4.78, 5) is 0. The number of para-hydroxylation sites is 1. The van der Waals surface area contributed by atoms with Gasteiger partial charge in [0.25, 0.3) is 5.89 Å². The molecule has 3 rings (SSSR count). The first-order valence-electron chi connectivity index (χ1n) is 7.24. The molecule has 0 aliphatic heterocycles. The molecule has 0 radical (unpaired) electrons. The fourth-order valence-electron chi connectivity index (χ4n) is 2.03. The highest BCUT2D eigenvalue weighted by atomic mass is 19.1. The van der Waals surface area contributed by atoms with Crippen molar-refractivity contribution in [2.24, 2.45) is 0 Å². The maximum atomic E-state index is 13.5. The van der Waals surface area contributed by atoms with Gasteiger partial charge in [0.2, 0.25) is 5.89 Å². The average molecular weight is 313 g/mol. The summed E-state index contributed by atoms with van der Waals surface area (Å²) in [5.41, 5.74) is 0.597. The fourth-order valence-corrected chi connectivity index (χ4v) is 2.03. The number of hydrogen-bond donors (Lipinski definition) is 1. The van der Waals surface area contributed by atoms with Crippen LogP contribution >= 0.6 is 0 Å². The molecule has 0 aliphatic rings. The van der Waals surface area contributed by atoms with Gasteiger partial charge in [0.1, 0.15) is 11.6 Å². The predicted octanol–water partition coefficient (Wildman–Crippen LogP) is 3.08. The van der Waals surface area contributed by atoms with Crippen LogP contribution in [0.3, 0.4) is 0 Å². The van der Waals surface area contributed by atoms with E-state index in [1.54, 1.807) is 18.2 Å². The van der Waals surface area contributed by atoms with Crippen molar-refractivity contribution in [1.29, 1.82) is 0 Å². The largest absolute Gasteiger partial charge is 0.484 e. The van der Waals surface area contributed by atoms with Gasteiger partial charge in [0.05, 0.1) is 6.54 Å². The van der Waals surface area contributed by atoms with Crippen LogP contribution < -0.4 is 10.1 Å². The van der Waals surface area contributed by atoms with E-state index < -0.39 is 0 Å². The van der Waals surface area contributed by atoms with Crippen molar-refractivity contribution >= 4 is 0 Å². The van der Waals surface area contributed by atoms with Crippen molar-refractivity contribution in [3.05, 3.63) is 77.8 Å². The Morgan fingerprint density at radius 3 is 2.48 bits per heavy atom. The molecular weight excluding hydrogens is 297 g/mol. The molecule has 2 aromatic carbocycles. The maximum absolute atomic E-state index is 13.5. The van der Waals surface area contributed by atoms with Crippen molar-refractivity contribution in [3.8, 4) is 5.75 Å². The van der Waals surface area contributed by atoms with E-state index in [0.29, 0.717) is 30.4 Å². The van der Waals surface area contributed by atoms with Crippen molar-refractivity contribution in [2.75, 3.05) is 0 Å². The molecule has 5 nitrogen and oxygen atoms in total. The minimum absolute atomic E-state index is 0.213. The van der Waals surface area contributed by atoms with E-state index in [1.807, 2.05) is 30.3 Å². The summed E-state index contributed by atoms with van der Waals surface area (Å²) in [6.07, 6.45) is 0. The van der Waals surface area contributed by atoms with Gasteiger partial charge < -0.3 is 14.5 Å². The topological polar surface area (TPSA) is 60.2 Å². The molecule has 0 fully saturated rings. The van der Waals surface area contributed by atoms with Crippen LogP contribution in [0.2, 0.25) is 0 Å². The van der Waals surface area contributed by atoms with E-state index in [4.69, 9.17) is 9.15 Å². The van der Waals surface area contributed by atoms with Crippen LogP contribution in [-0.2, 0) is 19.7 Å². The van der Waals surface area contributed by atoms with Gasteiger partial charge in [-0.25, -0.2) is 4.39 Å². The van der Waals surface area contributed by atoms with Crippen molar-refractivity contribution in [3.63, 3.8) is 0 Å². The smallest absolute Gasteiger partial charge is 0.253 e. The summed E-state index contributed by atoms with van der Waals surface area (Å²) in [5.74, 6) is 1.34. The lowest BCUT2D eigenvalue weighted by molar-refractivity contribution is 0.258. The first-order chi connectivity index (χ1) is 11.3. The molecule has 0 unspecified atom stereocenters. The zero-order valence-electron chi connectivity index (χ0n) is 12.4. The van der Waals surface area contributed by atoms with E-state index in [-0.39, 0.29) is 12.4 Å². The van der Waals surface area contributed by atoms with Crippen LogP contribution in [0, 0.1) is 5.82 Å². The molecular formula is C17H16FN3O2. The van der Waals surface area contributed by atoms with Crippen molar-refractivity contribution in [1.82, 2.24) is 15.5 Å². The molecule has 23 heavy (non-hydrogen) atoms. The summed E-state index contributed by atoms with van der Waals surface area (Å²) in [5, 5.41) is 10.9. The number of halogens is 1. The van der Waals surface area contributed by atoms with Crippen LogP contribution in [0.25, 0.3) is 0 Å². The third kappa shape index (κ3) is 4.37. The number of benzene rings is 2. The SMILES string of the molecule is Fc1ccccc1CNCc1nnc(COc2ccccc2)o1. The van der Waals surface area contributed by atoms with Gasteiger partial charge in [-0.1, -0.05) is 36.4 Å². The first kappa shape index (κ1) is 15.2. The van der Waals surface area contributed by atoms with Gasteiger partial charge in [0.15, 0.2) is 6.61 Å². The number of ether oxygens (including phenoxy) is 1. The zero-order valence-corrected chi connectivity index (χ0v) is 12.4. The standard InChI is InChI=1S/C17H16FN3O2/c18-15-9-5-4-6-13(15)10-19-11-16-20-21-17(23-16)12-22-14-7-2-1-3-8-14/h1-9,19H,10-12H2. The summed E-state index contributed by atoms with van der Waals surface area (Å²) in [7, 11) is 0. The van der Waals surface area contributed by atoms with E-state index in [0.717, 1.165) is 5.75 Å². The number of aromatic nitrogens is 2. The third-order valence-electron chi connectivity index (χ3n) is 3.16. The Kier molecular flexibility index (Phi) is 4.95. The Bertz CT molecular complexity index is 746. The van der Waals surface area contributed by atoms with Crippen LogP contribution in [0.5, 0.6) is 5.75 Å². The molecule has 0 saturated heterocycles. The van der Waals surface area contributed by atoms with Gasteiger partial charge >= 0.3 is 0 Å². The maximum Gasteiger partial charge on any atom is 0.253 e. The first-order valence-corrected chi connectivity index (χ1v) is 7.24. The normalized spacial score (nSPS) is 10.7. The van der Waals surface area contributed by atoms with Gasteiger partial charge in [-0.2, -0.15) is 0 Å². The molecule has 0 saturated carbocycles. The van der Waals surface area contributed by atoms with Gasteiger partial charge in [-0.3, -0.25) is 0 Å². The van der Waals surface area contributed by atoms with Crippen LogP contribution in [0.4, 0.5) is 4.39 Å². The minimum atomic E-state index is -0.234. The Hall–Kier alpha value is -2.73. The number of nitrogens with one attached hydrogen (secondary N) is 1. The summed E-state index contributed by atoms with van der Waals surface area (Å²) in [6.45, 7) is 0.974. The van der Waals surface area contributed by atoms with E-state index in [1.165, 1.54) is 6.07 Å². The molecule has 0 bridgehead atoms. The Labute approximate surface area is 133 Å². The second-order valence-electron chi connectivity index (χ2n) is 4.89. The van der Waals surface area contributed by atoms with Crippen LogP contribution in [0.15, 0.2) is 59.0 Å². The number of nitrogens with zero attached hydrogens (tertiary/aromatic N) is 2. The molecule has 1 N–H and O–H groups in total. The molecule has 1 heterocycles. The molecule has 3 aromatic rings. The van der Waals surface area contributed by atoms with E-state index >= 15 is 0 Å². The van der Waals surface area contributed by atoms with Crippen molar-refractivity contribution < 1.29 is 13.5 Å². The Morgan fingerprint density at radius 2 is 1.65 bits per heavy atom. The molecule has 0 atom stereocenters. The monoisotopic (exact) mass is 313 g/mol.